The molecule has 0 saturated heterocycles. The highest BCUT2D eigenvalue weighted by Gasteiger charge is 2.22. The second-order valence-corrected chi connectivity index (χ2v) is 8.14. The summed E-state index contributed by atoms with van der Waals surface area (Å²) in [7, 11) is 0. The van der Waals surface area contributed by atoms with Gasteiger partial charge >= 0.3 is 11.9 Å². The van der Waals surface area contributed by atoms with Crippen molar-refractivity contribution in [3.8, 4) is 5.75 Å². The maximum atomic E-state index is 12.3. The summed E-state index contributed by atoms with van der Waals surface area (Å²) in [6, 6.07) is 6.59. The van der Waals surface area contributed by atoms with Crippen LogP contribution in [0, 0.1) is 13.8 Å². The SMILES string of the molecule is CCCCCOc1ccc(C(=O)OCC(=O)Nc2sc(C)c(C)c2C(=O)OCC)cc1. The van der Waals surface area contributed by atoms with Crippen LogP contribution in [-0.2, 0) is 14.3 Å². The summed E-state index contributed by atoms with van der Waals surface area (Å²) in [5.74, 6) is -0.957. The number of hydrogen-bond acceptors (Lipinski definition) is 7. The number of aryl methyl sites for hydroxylation is 1. The van der Waals surface area contributed by atoms with Gasteiger partial charge in [-0.3, -0.25) is 4.79 Å². The first-order valence-corrected chi connectivity index (χ1v) is 11.2. The number of amides is 1. The molecule has 1 amide bonds. The minimum Gasteiger partial charge on any atom is -0.494 e. The van der Waals surface area contributed by atoms with Gasteiger partial charge < -0.3 is 19.5 Å². The van der Waals surface area contributed by atoms with Crippen molar-refractivity contribution < 1.29 is 28.6 Å². The second kappa shape index (κ2) is 12.1. The number of unbranched alkanes of at least 4 members (excludes halogenated alkanes) is 2. The Kier molecular flexibility index (Phi) is 9.52. The molecule has 0 aliphatic rings. The summed E-state index contributed by atoms with van der Waals surface area (Å²) in [5.41, 5.74) is 1.41. The Hall–Kier alpha value is -2.87. The zero-order valence-corrected chi connectivity index (χ0v) is 19.2. The van der Waals surface area contributed by atoms with Crippen LogP contribution < -0.4 is 10.1 Å². The predicted molar refractivity (Wildman–Crippen MR) is 120 cm³/mol. The molecule has 2 aromatic rings. The largest absolute Gasteiger partial charge is 0.494 e. The van der Waals surface area contributed by atoms with Crippen LogP contribution in [-0.4, -0.2) is 37.7 Å². The Bertz CT molecular complexity index is 904. The second-order valence-electron chi connectivity index (χ2n) is 6.91. The molecule has 2 rings (SSSR count). The summed E-state index contributed by atoms with van der Waals surface area (Å²) in [4.78, 5) is 37.6. The highest BCUT2D eigenvalue weighted by atomic mass is 32.1. The quantitative estimate of drug-likeness (QED) is 0.389. The van der Waals surface area contributed by atoms with Gasteiger partial charge in [0.1, 0.15) is 10.8 Å². The molecule has 31 heavy (non-hydrogen) atoms. The van der Waals surface area contributed by atoms with Gasteiger partial charge in [0, 0.05) is 4.88 Å². The molecule has 0 bridgehead atoms. The van der Waals surface area contributed by atoms with E-state index in [1.54, 1.807) is 38.1 Å². The number of nitrogens with one attached hydrogen (secondary N) is 1. The van der Waals surface area contributed by atoms with Crippen LogP contribution in [0.4, 0.5) is 5.00 Å². The number of carbonyl (C=O) groups excluding carboxylic acids is 3. The highest BCUT2D eigenvalue weighted by Crippen LogP contribution is 2.33. The van der Waals surface area contributed by atoms with Crippen LogP contribution in [0.3, 0.4) is 0 Å². The van der Waals surface area contributed by atoms with E-state index in [9.17, 15) is 14.4 Å². The molecule has 0 spiro atoms. The molecule has 0 aliphatic carbocycles. The number of ether oxygens (including phenoxy) is 3. The molecule has 0 atom stereocenters. The minimum atomic E-state index is -0.614. The predicted octanol–water partition coefficient (Wildman–Crippen LogP) is 4.91. The fourth-order valence-electron chi connectivity index (χ4n) is 2.77. The van der Waals surface area contributed by atoms with Crippen LogP contribution in [0.5, 0.6) is 5.75 Å². The zero-order chi connectivity index (χ0) is 22.8. The van der Waals surface area contributed by atoms with Gasteiger partial charge in [0.05, 0.1) is 24.3 Å². The summed E-state index contributed by atoms with van der Waals surface area (Å²) in [6.07, 6.45) is 3.21. The Morgan fingerprint density at radius 1 is 0.968 bits per heavy atom. The minimum absolute atomic E-state index is 0.237. The lowest BCUT2D eigenvalue weighted by Gasteiger charge is -2.09. The molecule has 0 radical (unpaired) electrons. The van der Waals surface area contributed by atoms with Gasteiger partial charge in [-0.2, -0.15) is 0 Å². The first-order chi connectivity index (χ1) is 14.9. The number of thiophene rings is 1. The molecule has 168 valence electrons. The molecule has 7 nitrogen and oxygen atoms in total. The summed E-state index contributed by atoms with van der Waals surface area (Å²) < 4.78 is 15.8. The Morgan fingerprint density at radius 3 is 2.32 bits per heavy atom. The lowest BCUT2D eigenvalue weighted by Crippen LogP contribution is -2.21. The highest BCUT2D eigenvalue weighted by molar-refractivity contribution is 7.16. The smallest absolute Gasteiger partial charge is 0.341 e. The molecule has 1 heterocycles. The molecule has 0 unspecified atom stereocenters. The van der Waals surface area contributed by atoms with Gasteiger partial charge in [-0.05, 0) is 57.0 Å². The molecule has 0 aliphatic heterocycles. The van der Waals surface area contributed by atoms with Crippen molar-refractivity contribution in [3.63, 3.8) is 0 Å². The molecule has 0 saturated carbocycles. The van der Waals surface area contributed by atoms with Crippen molar-refractivity contribution in [1.29, 1.82) is 0 Å². The van der Waals surface area contributed by atoms with Crippen molar-refractivity contribution >= 4 is 34.2 Å². The number of anilines is 1. The molecular weight excluding hydrogens is 418 g/mol. The van der Waals surface area contributed by atoms with Crippen molar-refractivity contribution in [2.24, 2.45) is 0 Å². The molecule has 1 aromatic heterocycles. The van der Waals surface area contributed by atoms with Crippen LogP contribution >= 0.6 is 11.3 Å². The number of carbonyl (C=O) groups is 3. The maximum Gasteiger partial charge on any atom is 0.341 e. The zero-order valence-electron chi connectivity index (χ0n) is 18.4. The third-order valence-electron chi connectivity index (χ3n) is 4.56. The van der Waals surface area contributed by atoms with Crippen LogP contribution in [0.25, 0.3) is 0 Å². The number of rotatable bonds is 11. The summed E-state index contributed by atoms with van der Waals surface area (Å²) in [5, 5.41) is 3.03. The third-order valence-corrected chi connectivity index (χ3v) is 5.68. The van der Waals surface area contributed by atoms with E-state index in [2.05, 4.69) is 12.2 Å². The average Bonchev–Trinajstić information content (AvgIpc) is 3.03. The summed E-state index contributed by atoms with van der Waals surface area (Å²) in [6.45, 7) is 7.90. The van der Waals surface area contributed by atoms with Crippen molar-refractivity contribution in [2.75, 3.05) is 25.1 Å². The van der Waals surface area contributed by atoms with E-state index in [1.807, 2.05) is 6.92 Å². The van der Waals surface area contributed by atoms with E-state index >= 15 is 0 Å². The Labute approximate surface area is 186 Å². The molecule has 8 heteroatoms. The lowest BCUT2D eigenvalue weighted by atomic mass is 10.1. The van der Waals surface area contributed by atoms with Gasteiger partial charge in [-0.25, -0.2) is 9.59 Å². The van der Waals surface area contributed by atoms with Gasteiger partial charge in [-0.15, -0.1) is 11.3 Å². The van der Waals surface area contributed by atoms with Crippen molar-refractivity contribution in [3.05, 3.63) is 45.8 Å². The van der Waals surface area contributed by atoms with Gasteiger partial charge in [0.25, 0.3) is 5.91 Å². The molecule has 0 fully saturated rings. The van der Waals surface area contributed by atoms with Crippen LogP contribution in [0.1, 0.15) is 64.3 Å². The fourth-order valence-corrected chi connectivity index (χ4v) is 3.84. The molecular formula is C23H29NO6S. The van der Waals surface area contributed by atoms with E-state index in [0.717, 1.165) is 29.7 Å². The molecule has 1 aromatic carbocycles. The fraction of sp³-hybridized carbons (Fsp3) is 0.435. The lowest BCUT2D eigenvalue weighted by molar-refractivity contribution is -0.119. The number of hydrogen-bond donors (Lipinski definition) is 1. The van der Waals surface area contributed by atoms with E-state index in [1.165, 1.54) is 11.3 Å². The van der Waals surface area contributed by atoms with Crippen molar-refractivity contribution in [1.82, 2.24) is 0 Å². The maximum absolute atomic E-state index is 12.3. The van der Waals surface area contributed by atoms with E-state index in [-0.39, 0.29) is 6.61 Å². The average molecular weight is 448 g/mol. The van der Waals surface area contributed by atoms with E-state index < -0.39 is 24.5 Å². The number of benzene rings is 1. The normalized spacial score (nSPS) is 10.5. The van der Waals surface area contributed by atoms with Crippen molar-refractivity contribution in [2.45, 2.75) is 47.0 Å². The van der Waals surface area contributed by atoms with Gasteiger partial charge in [0.2, 0.25) is 0 Å². The summed E-state index contributed by atoms with van der Waals surface area (Å²) >= 11 is 1.28. The standard InChI is InChI=1S/C23H29NO6S/c1-5-7-8-13-29-18-11-9-17(10-12-18)22(26)30-14-19(25)24-21-20(23(27)28-6-2)15(3)16(4)31-21/h9-12H,5-8,13-14H2,1-4H3,(H,24,25). The Balaban J connectivity index is 1.89. The van der Waals surface area contributed by atoms with Gasteiger partial charge in [0.15, 0.2) is 6.61 Å². The monoisotopic (exact) mass is 447 g/mol. The van der Waals surface area contributed by atoms with Crippen LogP contribution in [0.15, 0.2) is 24.3 Å². The van der Waals surface area contributed by atoms with Gasteiger partial charge in [-0.1, -0.05) is 19.8 Å². The topological polar surface area (TPSA) is 90.9 Å². The first-order valence-electron chi connectivity index (χ1n) is 10.3. The van der Waals surface area contributed by atoms with E-state index in [4.69, 9.17) is 14.2 Å². The third kappa shape index (κ3) is 7.10. The van der Waals surface area contributed by atoms with E-state index in [0.29, 0.717) is 28.5 Å². The Morgan fingerprint density at radius 2 is 1.68 bits per heavy atom. The number of esters is 2. The molecule has 1 N–H and O–H groups in total. The first kappa shape index (κ1) is 24.4. The van der Waals surface area contributed by atoms with Crippen LogP contribution in [0.2, 0.25) is 0 Å².